The maximum Gasteiger partial charge on any atom is 0.328 e. The van der Waals surface area contributed by atoms with Crippen molar-refractivity contribution < 1.29 is 19.0 Å². The number of ether oxygens (including phenoxy) is 3. The van der Waals surface area contributed by atoms with Crippen LogP contribution in [0.2, 0.25) is 0 Å². The van der Waals surface area contributed by atoms with Crippen LogP contribution in [0.4, 0.5) is 0 Å². The summed E-state index contributed by atoms with van der Waals surface area (Å²) < 4.78 is 15.1. The quantitative estimate of drug-likeness (QED) is 0.476. The molecule has 17 heavy (non-hydrogen) atoms. The van der Waals surface area contributed by atoms with Crippen LogP contribution in [0.3, 0.4) is 0 Å². The molecule has 6 heteroatoms. The average molecular weight is 244 g/mol. The lowest BCUT2D eigenvalue weighted by Crippen LogP contribution is -2.37. The topological polar surface area (TPSA) is 60.0 Å². The predicted octanol–water partition coefficient (Wildman–Crippen LogP) is -0.0850. The third-order valence-corrected chi connectivity index (χ3v) is 2.40. The minimum absolute atomic E-state index is 0.242. The average Bonchev–Trinajstić information content (AvgIpc) is 2.86. The monoisotopic (exact) mass is 244 g/mol. The maximum absolute atomic E-state index is 11.6. The lowest BCUT2D eigenvalue weighted by atomic mass is 10.3. The molecule has 1 unspecified atom stereocenters. The summed E-state index contributed by atoms with van der Waals surface area (Å²) in [5, 5.41) is 3.00. The Balaban J connectivity index is 2.06. The third-order valence-electron chi connectivity index (χ3n) is 2.40. The Morgan fingerprint density at radius 3 is 2.82 bits per heavy atom. The molecule has 1 rings (SSSR count). The van der Waals surface area contributed by atoms with E-state index in [0.717, 1.165) is 0 Å². The molecule has 0 saturated heterocycles. The van der Waals surface area contributed by atoms with Crippen LogP contribution in [0.1, 0.15) is 6.92 Å². The highest BCUT2D eigenvalue weighted by atomic mass is 16.6. The number of methoxy groups -OCH3 is 1. The third kappa shape index (κ3) is 5.06. The molecule has 0 fully saturated rings. The lowest BCUT2D eigenvalue weighted by Gasteiger charge is -2.21. The second-order valence-electron chi connectivity index (χ2n) is 3.64. The Morgan fingerprint density at radius 1 is 1.41 bits per heavy atom. The molecule has 98 valence electrons. The van der Waals surface area contributed by atoms with Gasteiger partial charge < -0.3 is 24.4 Å². The van der Waals surface area contributed by atoms with Crippen LogP contribution in [0, 0.1) is 0 Å². The zero-order chi connectivity index (χ0) is 12.5. The van der Waals surface area contributed by atoms with E-state index < -0.39 is 0 Å². The summed E-state index contributed by atoms with van der Waals surface area (Å²) in [5.41, 5.74) is 0. The Morgan fingerprint density at radius 2 is 2.18 bits per heavy atom. The maximum atomic E-state index is 11.6. The van der Waals surface area contributed by atoms with Gasteiger partial charge in [0.05, 0.1) is 26.5 Å². The van der Waals surface area contributed by atoms with Gasteiger partial charge in [-0.15, -0.1) is 0 Å². The molecular formula is C11H20N2O4. The van der Waals surface area contributed by atoms with E-state index >= 15 is 0 Å². The largest absolute Gasteiger partial charge is 0.462 e. The van der Waals surface area contributed by atoms with Crippen molar-refractivity contribution in [3.05, 3.63) is 12.4 Å². The molecule has 0 aromatic rings. The number of carbonyl (C=O) groups is 1. The zero-order valence-corrected chi connectivity index (χ0v) is 10.3. The zero-order valence-electron chi connectivity index (χ0n) is 10.3. The molecule has 0 radical (unpaired) electrons. The SMILES string of the molecule is COCCOCCOC(=O)C(C)N1C=CNC1. The van der Waals surface area contributed by atoms with Gasteiger partial charge in [0.15, 0.2) is 0 Å². The van der Waals surface area contributed by atoms with Crippen LogP contribution in [-0.4, -0.2) is 57.1 Å². The van der Waals surface area contributed by atoms with Crippen molar-refractivity contribution in [1.29, 1.82) is 0 Å². The number of hydrogen-bond donors (Lipinski definition) is 1. The van der Waals surface area contributed by atoms with Crippen molar-refractivity contribution in [2.75, 3.05) is 40.2 Å². The van der Waals surface area contributed by atoms with E-state index in [1.54, 1.807) is 13.3 Å². The van der Waals surface area contributed by atoms with E-state index in [2.05, 4.69) is 5.32 Å². The molecule has 0 saturated carbocycles. The van der Waals surface area contributed by atoms with Crippen LogP contribution in [-0.2, 0) is 19.0 Å². The molecule has 1 N–H and O–H groups in total. The van der Waals surface area contributed by atoms with Gasteiger partial charge in [-0.3, -0.25) is 0 Å². The van der Waals surface area contributed by atoms with E-state index in [0.29, 0.717) is 26.5 Å². The summed E-state index contributed by atoms with van der Waals surface area (Å²) in [6.45, 7) is 4.19. The highest BCUT2D eigenvalue weighted by Crippen LogP contribution is 2.04. The van der Waals surface area contributed by atoms with Crippen molar-refractivity contribution in [3.63, 3.8) is 0 Å². The van der Waals surface area contributed by atoms with Gasteiger partial charge in [-0.1, -0.05) is 0 Å². The molecule has 0 bridgehead atoms. The minimum atomic E-state index is -0.278. The Labute approximate surface area is 102 Å². The van der Waals surface area contributed by atoms with E-state index in [9.17, 15) is 4.79 Å². The van der Waals surface area contributed by atoms with Crippen LogP contribution in [0.5, 0.6) is 0 Å². The normalized spacial score (nSPS) is 15.8. The molecule has 0 spiro atoms. The van der Waals surface area contributed by atoms with Gasteiger partial charge in [-0.2, -0.15) is 0 Å². The first kappa shape index (κ1) is 13.8. The van der Waals surface area contributed by atoms with Gasteiger partial charge in [0.1, 0.15) is 12.6 Å². The van der Waals surface area contributed by atoms with Crippen molar-refractivity contribution >= 4 is 5.97 Å². The van der Waals surface area contributed by atoms with E-state index in [1.165, 1.54) is 0 Å². The first-order chi connectivity index (χ1) is 8.25. The van der Waals surface area contributed by atoms with Gasteiger partial charge in [0, 0.05) is 19.5 Å². The van der Waals surface area contributed by atoms with Crippen LogP contribution < -0.4 is 5.32 Å². The smallest absolute Gasteiger partial charge is 0.328 e. The van der Waals surface area contributed by atoms with Gasteiger partial charge in [0.25, 0.3) is 0 Å². The van der Waals surface area contributed by atoms with Gasteiger partial charge in [0.2, 0.25) is 0 Å². The molecule has 6 nitrogen and oxygen atoms in total. The summed E-state index contributed by atoms with van der Waals surface area (Å²) in [7, 11) is 1.61. The number of nitrogens with zero attached hydrogens (tertiary/aromatic N) is 1. The van der Waals surface area contributed by atoms with Crippen LogP contribution in [0.15, 0.2) is 12.4 Å². The fraction of sp³-hybridized carbons (Fsp3) is 0.727. The van der Waals surface area contributed by atoms with Crippen molar-refractivity contribution in [1.82, 2.24) is 10.2 Å². The van der Waals surface area contributed by atoms with Crippen LogP contribution >= 0.6 is 0 Å². The molecule has 0 aromatic carbocycles. The summed E-state index contributed by atoms with van der Waals surface area (Å²) >= 11 is 0. The molecule has 0 aromatic heterocycles. The predicted molar refractivity (Wildman–Crippen MR) is 62.1 cm³/mol. The van der Waals surface area contributed by atoms with Crippen molar-refractivity contribution in [2.45, 2.75) is 13.0 Å². The van der Waals surface area contributed by atoms with Gasteiger partial charge >= 0.3 is 5.97 Å². The fourth-order valence-electron chi connectivity index (χ4n) is 1.33. The first-order valence-corrected chi connectivity index (χ1v) is 5.65. The van der Waals surface area contributed by atoms with Gasteiger partial charge in [-0.05, 0) is 6.92 Å². The van der Waals surface area contributed by atoms with Crippen LogP contribution in [0.25, 0.3) is 0 Å². The minimum Gasteiger partial charge on any atom is -0.462 e. The number of rotatable bonds is 8. The molecule has 1 atom stereocenters. The summed E-state index contributed by atoms with van der Waals surface area (Å²) in [6, 6.07) is -0.278. The first-order valence-electron chi connectivity index (χ1n) is 5.65. The van der Waals surface area contributed by atoms with E-state index in [4.69, 9.17) is 14.2 Å². The highest BCUT2D eigenvalue weighted by Gasteiger charge is 2.21. The Kier molecular flexibility index (Phi) is 6.42. The standard InChI is InChI=1S/C11H20N2O4/c1-10(13-4-3-12-9-13)11(14)17-8-7-16-6-5-15-2/h3-4,10,12H,5-9H2,1-2H3. The molecule has 1 aliphatic heterocycles. The highest BCUT2D eigenvalue weighted by molar-refractivity contribution is 5.75. The Bertz CT molecular complexity index is 258. The summed E-state index contributed by atoms with van der Waals surface area (Å²) in [4.78, 5) is 13.5. The molecular weight excluding hydrogens is 224 g/mol. The number of esters is 1. The molecule has 0 aliphatic carbocycles. The second kappa shape index (κ2) is 7.92. The number of carbonyl (C=O) groups excluding carboxylic acids is 1. The number of nitrogens with one attached hydrogen (secondary N) is 1. The summed E-state index contributed by atoms with van der Waals surface area (Å²) in [5.74, 6) is -0.242. The van der Waals surface area contributed by atoms with E-state index in [1.807, 2.05) is 18.0 Å². The summed E-state index contributed by atoms with van der Waals surface area (Å²) in [6.07, 6.45) is 3.64. The molecule has 0 amide bonds. The second-order valence-corrected chi connectivity index (χ2v) is 3.64. The number of hydrogen-bond acceptors (Lipinski definition) is 6. The molecule has 1 heterocycles. The van der Waals surface area contributed by atoms with Gasteiger partial charge in [-0.25, -0.2) is 4.79 Å². The fourth-order valence-corrected chi connectivity index (χ4v) is 1.33. The lowest BCUT2D eigenvalue weighted by molar-refractivity contribution is -0.150. The van der Waals surface area contributed by atoms with Crippen molar-refractivity contribution in [2.24, 2.45) is 0 Å². The Hall–Kier alpha value is -1.27. The van der Waals surface area contributed by atoms with Crippen molar-refractivity contribution in [3.8, 4) is 0 Å². The molecule has 1 aliphatic rings. The van der Waals surface area contributed by atoms with E-state index in [-0.39, 0.29) is 18.6 Å².